The zero-order valence-corrected chi connectivity index (χ0v) is 13.9. The number of hydrogen-bond acceptors (Lipinski definition) is 5. The van der Waals surface area contributed by atoms with Gasteiger partial charge in [0.15, 0.2) is 0 Å². The summed E-state index contributed by atoms with van der Waals surface area (Å²) in [4.78, 5) is 11.8. The highest BCUT2D eigenvalue weighted by atomic mass is 32.2. The predicted molar refractivity (Wildman–Crippen MR) is 89.3 cm³/mol. The summed E-state index contributed by atoms with van der Waals surface area (Å²) in [5, 5.41) is 0. The van der Waals surface area contributed by atoms with Crippen molar-refractivity contribution in [3.8, 4) is 5.75 Å². The number of carbonyl (C=O) groups excluding carboxylic acids is 1. The van der Waals surface area contributed by atoms with E-state index in [4.69, 9.17) is 9.47 Å². The molecule has 0 fully saturated rings. The van der Waals surface area contributed by atoms with E-state index in [1.807, 2.05) is 6.07 Å². The second kappa shape index (κ2) is 6.52. The number of sulfonamides is 1. The largest absolute Gasteiger partial charge is 0.475 e. The van der Waals surface area contributed by atoms with E-state index in [2.05, 4.69) is 0 Å². The summed E-state index contributed by atoms with van der Waals surface area (Å²) in [6.07, 6.45) is -0.990. The number of methoxy groups -OCH3 is 1. The van der Waals surface area contributed by atoms with Crippen LogP contribution in [0.1, 0.15) is 5.56 Å². The van der Waals surface area contributed by atoms with Gasteiger partial charge in [0.1, 0.15) is 5.75 Å². The van der Waals surface area contributed by atoms with Gasteiger partial charge in [-0.3, -0.25) is 4.31 Å². The normalized spacial score (nSPS) is 16.9. The lowest BCUT2D eigenvalue weighted by Crippen LogP contribution is -2.47. The molecule has 2 aromatic carbocycles. The molecule has 0 aromatic heterocycles. The Morgan fingerprint density at radius 2 is 1.83 bits per heavy atom. The Morgan fingerprint density at radius 1 is 1.17 bits per heavy atom. The first-order valence-corrected chi connectivity index (χ1v) is 9.00. The summed E-state index contributed by atoms with van der Waals surface area (Å²) in [5.74, 6) is -0.420. The molecule has 2 aromatic rings. The van der Waals surface area contributed by atoms with Gasteiger partial charge < -0.3 is 9.47 Å². The molecule has 0 spiro atoms. The van der Waals surface area contributed by atoms with Gasteiger partial charge in [-0.1, -0.05) is 42.5 Å². The number of anilines is 1. The van der Waals surface area contributed by atoms with Gasteiger partial charge in [-0.25, -0.2) is 13.2 Å². The lowest BCUT2D eigenvalue weighted by molar-refractivity contribution is -0.148. The van der Waals surface area contributed by atoms with Crippen molar-refractivity contribution in [1.29, 1.82) is 0 Å². The lowest BCUT2D eigenvalue weighted by Gasteiger charge is -2.34. The second-order valence-corrected chi connectivity index (χ2v) is 7.26. The third-order valence-electron chi connectivity index (χ3n) is 3.73. The van der Waals surface area contributed by atoms with Crippen molar-refractivity contribution in [2.24, 2.45) is 0 Å². The first kappa shape index (κ1) is 16.3. The molecule has 1 aliphatic rings. The fraction of sp³-hybridized carbons (Fsp3) is 0.235. The Morgan fingerprint density at radius 3 is 2.54 bits per heavy atom. The van der Waals surface area contributed by atoms with Gasteiger partial charge in [0.05, 0.1) is 25.1 Å². The van der Waals surface area contributed by atoms with Crippen molar-refractivity contribution in [2.45, 2.75) is 11.9 Å². The minimum Gasteiger partial charge on any atom is -0.475 e. The minimum atomic E-state index is -3.68. The molecule has 3 rings (SSSR count). The monoisotopic (exact) mass is 347 g/mol. The number of esters is 1. The Kier molecular flexibility index (Phi) is 4.44. The van der Waals surface area contributed by atoms with E-state index in [9.17, 15) is 13.2 Å². The molecule has 0 radical (unpaired) electrons. The number of ether oxygens (including phenoxy) is 2. The van der Waals surface area contributed by atoms with E-state index < -0.39 is 22.1 Å². The topological polar surface area (TPSA) is 72.9 Å². The minimum absolute atomic E-state index is 0.112. The molecular formula is C17H17NO5S. The summed E-state index contributed by atoms with van der Waals surface area (Å²) in [6.45, 7) is -0.112. The summed E-state index contributed by atoms with van der Waals surface area (Å²) in [5.41, 5.74) is 1.10. The van der Waals surface area contributed by atoms with Gasteiger partial charge in [0, 0.05) is 0 Å². The molecule has 1 aliphatic heterocycles. The molecule has 0 saturated heterocycles. The van der Waals surface area contributed by atoms with Crippen LogP contribution < -0.4 is 9.04 Å². The van der Waals surface area contributed by atoms with E-state index in [-0.39, 0.29) is 12.3 Å². The van der Waals surface area contributed by atoms with Crippen LogP contribution in [0.4, 0.5) is 5.69 Å². The molecular weight excluding hydrogens is 330 g/mol. The molecule has 0 aliphatic carbocycles. The molecule has 1 atom stereocenters. The molecule has 0 bridgehead atoms. The van der Waals surface area contributed by atoms with Gasteiger partial charge in [0.2, 0.25) is 16.1 Å². The average Bonchev–Trinajstić information content (AvgIpc) is 2.60. The van der Waals surface area contributed by atoms with Gasteiger partial charge in [-0.05, 0) is 17.7 Å². The van der Waals surface area contributed by atoms with E-state index in [1.165, 1.54) is 11.4 Å². The number of benzene rings is 2. The van der Waals surface area contributed by atoms with E-state index in [0.29, 0.717) is 17.0 Å². The molecule has 7 heteroatoms. The van der Waals surface area contributed by atoms with Gasteiger partial charge in [-0.15, -0.1) is 0 Å². The molecule has 0 saturated carbocycles. The maximum Gasteiger partial charge on any atom is 0.348 e. The predicted octanol–water partition coefficient (Wildman–Crippen LogP) is 1.96. The third-order valence-corrected chi connectivity index (χ3v) is 5.44. The van der Waals surface area contributed by atoms with Crippen molar-refractivity contribution < 1.29 is 22.7 Å². The van der Waals surface area contributed by atoms with E-state index in [1.54, 1.807) is 48.5 Å². The lowest BCUT2D eigenvalue weighted by atomic mass is 10.2. The highest BCUT2D eigenvalue weighted by Gasteiger charge is 2.37. The fourth-order valence-corrected chi connectivity index (χ4v) is 4.17. The summed E-state index contributed by atoms with van der Waals surface area (Å²) < 4.78 is 37.3. The number of para-hydroxylation sites is 2. The number of carbonyl (C=O) groups is 1. The first-order chi connectivity index (χ1) is 11.5. The van der Waals surface area contributed by atoms with Crippen molar-refractivity contribution in [2.75, 3.05) is 18.0 Å². The number of nitrogens with zero attached hydrogens (tertiary/aromatic N) is 1. The highest BCUT2D eigenvalue weighted by Crippen LogP contribution is 2.35. The van der Waals surface area contributed by atoms with Gasteiger partial charge in [0.25, 0.3) is 0 Å². The van der Waals surface area contributed by atoms with Crippen LogP contribution in [-0.2, 0) is 25.3 Å². The maximum atomic E-state index is 12.9. The summed E-state index contributed by atoms with van der Waals surface area (Å²) >= 11 is 0. The van der Waals surface area contributed by atoms with Crippen LogP contribution in [0, 0.1) is 0 Å². The van der Waals surface area contributed by atoms with Crippen LogP contribution in [0.5, 0.6) is 5.75 Å². The smallest absolute Gasteiger partial charge is 0.348 e. The zero-order chi connectivity index (χ0) is 17.2. The molecule has 1 unspecified atom stereocenters. The molecule has 126 valence electrons. The van der Waals surface area contributed by atoms with Crippen LogP contribution in [0.15, 0.2) is 54.6 Å². The standard InChI is InChI=1S/C17H17NO5S/c1-22-17(19)16-11-18(14-9-5-6-10-15(14)23-16)24(20,21)12-13-7-3-2-4-8-13/h2-10,16H,11-12H2,1H3. The second-order valence-electron chi connectivity index (χ2n) is 5.37. The van der Waals surface area contributed by atoms with Crippen LogP contribution in [0.25, 0.3) is 0 Å². The maximum absolute atomic E-state index is 12.9. The molecule has 0 N–H and O–H groups in total. The summed E-state index contributed by atoms with van der Waals surface area (Å²) in [7, 11) is -2.43. The quantitative estimate of drug-likeness (QED) is 0.791. The Bertz CT molecular complexity index is 835. The van der Waals surface area contributed by atoms with Crippen molar-refractivity contribution in [3.63, 3.8) is 0 Å². The summed E-state index contributed by atoms with van der Waals surface area (Å²) in [6, 6.07) is 15.6. The number of fused-ring (bicyclic) bond motifs is 1. The van der Waals surface area contributed by atoms with E-state index in [0.717, 1.165) is 0 Å². The van der Waals surface area contributed by atoms with Crippen LogP contribution in [0.3, 0.4) is 0 Å². The van der Waals surface area contributed by atoms with Crippen LogP contribution in [-0.4, -0.2) is 34.1 Å². The van der Waals surface area contributed by atoms with Crippen molar-refractivity contribution in [3.05, 3.63) is 60.2 Å². The molecule has 6 nitrogen and oxygen atoms in total. The van der Waals surface area contributed by atoms with Gasteiger partial charge in [-0.2, -0.15) is 0 Å². The fourth-order valence-electron chi connectivity index (χ4n) is 2.58. The Hall–Kier alpha value is -2.54. The van der Waals surface area contributed by atoms with Crippen molar-refractivity contribution >= 4 is 21.7 Å². The van der Waals surface area contributed by atoms with Crippen LogP contribution in [0.2, 0.25) is 0 Å². The van der Waals surface area contributed by atoms with Crippen LogP contribution >= 0.6 is 0 Å². The van der Waals surface area contributed by atoms with Crippen molar-refractivity contribution in [1.82, 2.24) is 0 Å². The molecule has 1 heterocycles. The van der Waals surface area contributed by atoms with Gasteiger partial charge >= 0.3 is 5.97 Å². The Labute approximate surface area is 140 Å². The SMILES string of the molecule is COC(=O)C1CN(S(=O)(=O)Cc2ccccc2)c2ccccc2O1. The number of hydrogen-bond donors (Lipinski definition) is 0. The molecule has 24 heavy (non-hydrogen) atoms. The first-order valence-electron chi connectivity index (χ1n) is 7.39. The Balaban J connectivity index is 1.97. The number of rotatable bonds is 4. The van der Waals surface area contributed by atoms with E-state index >= 15 is 0 Å². The highest BCUT2D eigenvalue weighted by molar-refractivity contribution is 7.92. The average molecular weight is 347 g/mol. The molecule has 0 amide bonds. The third kappa shape index (κ3) is 3.21. The zero-order valence-electron chi connectivity index (χ0n) is 13.1.